The van der Waals surface area contributed by atoms with Crippen molar-refractivity contribution in [2.24, 2.45) is 5.41 Å². The molecule has 0 aliphatic carbocycles. The first-order valence-electron chi connectivity index (χ1n) is 7.95. The highest BCUT2D eigenvalue weighted by Crippen LogP contribution is 2.48. The standard InChI is InChI=1S/C16H17F3N4S/c1-10-2-3-23(10)14-11(5-20)12(16(17,18)19)4-13(21-14)22-6-15(7-22)8-24-9-15/h4,10H,2-3,6-9H2,1H3/t10-/m0/s1. The van der Waals surface area contributed by atoms with Gasteiger partial charge in [-0.2, -0.15) is 30.2 Å². The number of hydrogen-bond donors (Lipinski definition) is 0. The van der Waals surface area contributed by atoms with E-state index < -0.39 is 11.7 Å². The van der Waals surface area contributed by atoms with Gasteiger partial charge in [0.2, 0.25) is 0 Å². The lowest BCUT2D eigenvalue weighted by Crippen LogP contribution is -2.63. The number of alkyl halides is 3. The third-order valence-corrected chi connectivity index (χ3v) is 6.82. The number of halogens is 3. The van der Waals surface area contributed by atoms with Crippen LogP contribution in [0.1, 0.15) is 24.5 Å². The zero-order valence-corrected chi connectivity index (χ0v) is 14.0. The summed E-state index contributed by atoms with van der Waals surface area (Å²) in [6.45, 7) is 4.09. The molecule has 4 nitrogen and oxygen atoms in total. The summed E-state index contributed by atoms with van der Waals surface area (Å²) in [6.07, 6.45) is -3.65. The molecule has 24 heavy (non-hydrogen) atoms. The van der Waals surface area contributed by atoms with E-state index >= 15 is 0 Å². The summed E-state index contributed by atoms with van der Waals surface area (Å²) in [4.78, 5) is 8.16. The molecule has 0 radical (unpaired) electrons. The predicted octanol–water partition coefficient (Wildman–Crippen LogP) is 3.12. The van der Waals surface area contributed by atoms with Gasteiger partial charge in [0.25, 0.3) is 0 Å². The number of nitriles is 1. The number of thioether (sulfide) groups is 1. The highest BCUT2D eigenvalue weighted by atomic mass is 32.2. The Balaban J connectivity index is 1.74. The summed E-state index contributed by atoms with van der Waals surface area (Å²) >= 11 is 1.87. The van der Waals surface area contributed by atoms with Crippen molar-refractivity contribution in [2.45, 2.75) is 25.6 Å². The first-order chi connectivity index (χ1) is 11.3. The van der Waals surface area contributed by atoms with Crippen LogP contribution in [-0.2, 0) is 6.18 Å². The van der Waals surface area contributed by atoms with Gasteiger partial charge in [-0.1, -0.05) is 0 Å². The Morgan fingerprint density at radius 2 is 2.08 bits per heavy atom. The van der Waals surface area contributed by atoms with E-state index in [4.69, 9.17) is 0 Å². The van der Waals surface area contributed by atoms with Crippen molar-refractivity contribution in [3.05, 3.63) is 17.2 Å². The molecule has 8 heteroatoms. The van der Waals surface area contributed by atoms with Crippen LogP contribution in [0.25, 0.3) is 0 Å². The summed E-state index contributed by atoms with van der Waals surface area (Å²) in [5, 5.41) is 9.32. The molecule has 0 unspecified atom stereocenters. The van der Waals surface area contributed by atoms with Gasteiger partial charge in [0, 0.05) is 42.6 Å². The Hall–Kier alpha value is -1.62. The molecule has 3 fully saturated rings. The van der Waals surface area contributed by atoms with Crippen LogP contribution >= 0.6 is 11.8 Å². The van der Waals surface area contributed by atoms with Gasteiger partial charge < -0.3 is 9.80 Å². The second-order valence-electron chi connectivity index (χ2n) is 7.02. The smallest absolute Gasteiger partial charge is 0.355 e. The number of anilines is 2. The summed E-state index contributed by atoms with van der Waals surface area (Å²) in [7, 11) is 0. The van der Waals surface area contributed by atoms with Gasteiger partial charge >= 0.3 is 6.18 Å². The quantitative estimate of drug-likeness (QED) is 0.816. The average molecular weight is 354 g/mol. The Kier molecular flexibility index (Phi) is 3.43. The topological polar surface area (TPSA) is 43.2 Å². The van der Waals surface area contributed by atoms with E-state index in [2.05, 4.69) is 4.98 Å². The number of rotatable bonds is 2. The lowest BCUT2D eigenvalue weighted by molar-refractivity contribution is -0.137. The molecule has 3 aliphatic heterocycles. The minimum absolute atomic E-state index is 0.117. The molecule has 4 heterocycles. The molecule has 1 aromatic heterocycles. The van der Waals surface area contributed by atoms with E-state index in [0.717, 1.165) is 37.1 Å². The number of pyridine rings is 1. The zero-order valence-electron chi connectivity index (χ0n) is 13.2. The maximum atomic E-state index is 13.5. The fraction of sp³-hybridized carbons (Fsp3) is 0.625. The van der Waals surface area contributed by atoms with Crippen molar-refractivity contribution >= 4 is 23.4 Å². The third kappa shape index (κ3) is 2.32. The van der Waals surface area contributed by atoms with Crippen LogP contribution in [0, 0.1) is 16.7 Å². The van der Waals surface area contributed by atoms with Crippen molar-refractivity contribution in [1.82, 2.24) is 4.98 Å². The fourth-order valence-electron chi connectivity index (χ4n) is 3.55. The zero-order chi connectivity index (χ0) is 17.1. The molecule has 4 rings (SSSR count). The Labute approximate surface area is 142 Å². The van der Waals surface area contributed by atoms with Crippen molar-refractivity contribution in [3.63, 3.8) is 0 Å². The van der Waals surface area contributed by atoms with Crippen molar-refractivity contribution < 1.29 is 13.2 Å². The second-order valence-corrected chi connectivity index (χ2v) is 8.00. The van der Waals surface area contributed by atoms with Gasteiger partial charge in [0.15, 0.2) is 0 Å². The first kappa shape index (κ1) is 15.9. The molecule has 1 spiro atoms. The van der Waals surface area contributed by atoms with Gasteiger partial charge in [-0.05, 0) is 19.4 Å². The number of aromatic nitrogens is 1. The van der Waals surface area contributed by atoms with Gasteiger partial charge in [-0.15, -0.1) is 0 Å². The normalized spacial score (nSPS) is 24.9. The van der Waals surface area contributed by atoms with Gasteiger partial charge in [0.1, 0.15) is 23.3 Å². The molecule has 0 aromatic carbocycles. The Bertz CT molecular complexity index is 715. The summed E-state index contributed by atoms with van der Waals surface area (Å²) in [6, 6.07) is 2.90. The molecule has 3 saturated heterocycles. The van der Waals surface area contributed by atoms with E-state index in [1.54, 1.807) is 11.0 Å². The van der Waals surface area contributed by atoms with E-state index in [0.29, 0.717) is 12.4 Å². The SMILES string of the molecule is C[C@H]1CCN1c1nc(N2CC3(CSC3)C2)cc(C(F)(F)F)c1C#N. The van der Waals surface area contributed by atoms with E-state index in [1.165, 1.54) is 0 Å². The van der Waals surface area contributed by atoms with Crippen LogP contribution in [0.3, 0.4) is 0 Å². The van der Waals surface area contributed by atoms with Crippen molar-refractivity contribution in [2.75, 3.05) is 40.9 Å². The molecule has 1 aromatic rings. The van der Waals surface area contributed by atoms with Crippen LogP contribution < -0.4 is 9.80 Å². The minimum Gasteiger partial charge on any atom is -0.355 e. The van der Waals surface area contributed by atoms with Crippen LogP contribution in [0.15, 0.2) is 6.07 Å². The third-order valence-electron chi connectivity index (χ3n) is 5.19. The minimum atomic E-state index is -4.56. The largest absolute Gasteiger partial charge is 0.417 e. The summed E-state index contributed by atoms with van der Waals surface area (Å²) in [5.41, 5.74) is -0.955. The molecule has 0 bridgehead atoms. The van der Waals surface area contributed by atoms with Gasteiger partial charge in [-0.25, -0.2) is 4.98 Å². The fourth-order valence-corrected chi connectivity index (χ4v) is 4.70. The first-order valence-corrected chi connectivity index (χ1v) is 9.10. The van der Waals surface area contributed by atoms with E-state index in [1.807, 2.05) is 23.6 Å². The molecule has 0 N–H and O–H groups in total. The van der Waals surface area contributed by atoms with E-state index in [9.17, 15) is 18.4 Å². The lowest BCUT2D eigenvalue weighted by atomic mass is 9.83. The van der Waals surface area contributed by atoms with Gasteiger partial charge in [0.05, 0.1) is 5.56 Å². The summed E-state index contributed by atoms with van der Waals surface area (Å²) in [5.74, 6) is 2.67. The highest BCUT2D eigenvalue weighted by molar-refractivity contribution is 8.00. The van der Waals surface area contributed by atoms with Crippen molar-refractivity contribution in [1.29, 1.82) is 5.26 Å². The maximum Gasteiger partial charge on any atom is 0.417 e. The highest BCUT2D eigenvalue weighted by Gasteiger charge is 2.49. The molecular weight excluding hydrogens is 337 g/mol. The number of hydrogen-bond acceptors (Lipinski definition) is 5. The lowest BCUT2D eigenvalue weighted by Gasteiger charge is -2.56. The molecule has 3 aliphatic rings. The summed E-state index contributed by atoms with van der Waals surface area (Å²) < 4.78 is 40.4. The van der Waals surface area contributed by atoms with Crippen molar-refractivity contribution in [3.8, 4) is 6.07 Å². The van der Waals surface area contributed by atoms with Crippen LogP contribution in [0.5, 0.6) is 0 Å². The maximum absolute atomic E-state index is 13.5. The molecule has 0 saturated carbocycles. The van der Waals surface area contributed by atoms with Crippen LogP contribution in [0.2, 0.25) is 0 Å². The van der Waals surface area contributed by atoms with Gasteiger partial charge in [-0.3, -0.25) is 0 Å². The monoisotopic (exact) mass is 354 g/mol. The average Bonchev–Trinajstić information content (AvgIpc) is 2.41. The molecule has 128 valence electrons. The second kappa shape index (κ2) is 5.19. The Morgan fingerprint density at radius 1 is 1.38 bits per heavy atom. The van der Waals surface area contributed by atoms with Crippen LogP contribution in [0.4, 0.5) is 24.8 Å². The molecule has 1 atom stereocenters. The Morgan fingerprint density at radius 3 is 2.50 bits per heavy atom. The predicted molar refractivity (Wildman–Crippen MR) is 87.4 cm³/mol. The van der Waals surface area contributed by atoms with E-state index in [-0.39, 0.29) is 22.8 Å². The molecule has 0 amide bonds. The molecular formula is C16H17F3N4S. The number of nitrogens with zero attached hydrogens (tertiary/aromatic N) is 4. The van der Waals surface area contributed by atoms with Crippen LogP contribution in [-0.4, -0.2) is 42.2 Å².